The Balaban J connectivity index is 3.67. The minimum atomic E-state index is -0.147. The van der Waals surface area contributed by atoms with Crippen molar-refractivity contribution >= 4 is 5.97 Å². The monoisotopic (exact) mass is 189 g/mol. The molecule has 0 heterocycles. The number of carbonyl (C=O) groups excluding carboxylic acids is 1. The molecular weight excluding hydrogens is 168 g/mol. The predicted octanol–water partition coefficient (Wildman–Crippen LogP) is -0.450. The molecule has 1 unspecified atom stereocenters. The van der Waals surface area contributed by atoms with Gasteiger partial charge in [-0.1, -0.05) is 0 Å². The molecule has 4 N–H and O–H groups in total. The molecule has 0 radical (unpaired) electrons. The van der Waals surface area contributed by atoms with Gasteiger partial charge in [0.15, 0.2) is 0 Å². The first kappa shape index (κ1) is 12.4. The van der Waals surface area contributed by atoms with Gasteiger partial charge in [0, 0.05) is 0 Å². The zero-order valence-corrected chi connectivity index (χ0v) is 8.64. The molecule has 0 bridgehead atoms. The average molecular weight is 189 g/mol. The summed E-state index contributed by atoms with van der Waals surface area (Å²) in [6, 6.07) is -0.147. The second-order valence-electron chi connectivity index (χ2n) is 2.94. The minimum Gasteiger partial charge on any atom is -0.465 e. The van der Waals surface area contributed by atoms with Crippen molar-refractivity contribution in [3.63, 3.8) is 0 Å². The highest BCUT2D eigenvalue weighted by molar-refractivity contribution is 5.75. The molecule has 0 fully saturated rings. The molecule has 0 saturated carbocycles. The van der Waals surface area contributed by atoms with Gasteiger partial charge in [-0.05, 0) is 33.2 Å². The molecule has 1 atom stereocenters. The van der Waals surface area contributed by atoms with Gasteiger partial charge in [-0.3, -0.25) is 4.79 Å². The summed E-state index contributed by atoms with van der Waals surface area (Å²) in [6.07, 6.45) is 2.93. The average Bonchev–Trinajstić information content (AvgIpc) is 2.13. The lowest BCUT2D eigenvalue weighted by Gasteiger charge is -2.13. The third kappa shape index (κ3) is 5.60. The van der Waals surface area contributed by atoms with Crippen LogP contribution in [-0.2, 0) is 9.53 Å². The van der Waals surface area contributed by atoms with Crippen molar-refractivity contribution in [1.82, 2.24) is 5.32 Å². The number of rotatable bonds is 7. The van der Waals surface area contributed by atoms with Gasteiger partial charge in [0.2, 0.25) is 0 Å². The van der Waals surface area contributed by atoms with Gasteiger partial charge in [0.05, 0.1) is 13.2 Å². The van der Waals surface area contributed by atoms with Gasteiger partial charge in [-0.25, -0.2) is 0 Å². The summed E-state index contributed by atoms with van der Waals surface area (Å²) in [5.41, 5.74) is 3.75. The van der Waals surface area contributed by atoms with Crippen LogP contribution in [0.15, 0.2) is 0 Å². The highest BCUT2D eigenvalue weighted by atomic mass is 16.5. The lowest BCUT2D eigenvalue weighted by Crippen LogP contribution is -2.50. The van der Waals surface area contributed by atoms with Crippen LogP contribution in [0.5, 0.6) is 0 Å². The van der Waals surface area contributed by atoms with Gasteiger partial charge in [-0.15, -0.1) is 0 Å². The Hall–Kier alpha value is -0.610. The van der Waals surface area contributed by atoms with E-state index in [0.29, 0.717) is 6.61 Å². The summed E-state index contributed by atoms with van der Waals surface area (Å²) in [5.74, 6) is -0.144. The fourth-order valence-electron chi connectivity index (χ4n) is 1.15. The van der Waals surface area contributed by atoms with Crippen molar-refractivity contribution in [2.75, 3.05) is 20.2 Å². The largest absolute Gasteiger partial charge is 0.465 e. The van der Waals surface area contributed by atoms with Crippen molar-refractivity contribution in [3.8, 4) is 0 Å². The van der Waals surface area contributed by atoms with Crippen LogP contribution in [0.4, 0.5) is 0 Å². The van der Waals surface area contributed by atoms with Crippen molar-refractivity contribution in [2.24, 2.45) is 0 Å². The van der Waals surface area contributed by atoms with Crippen molar-refractivity contribution in [1.29, 1.82) is 0 Å². The van der Waals surface area contributed by atoms with E-state index in [4.69, 9.17) is 4.74 Å². The molecule has 0 spiro atoms. The molecule has 0 saturated heterocycles. The van der Waals surface area contributed by atoms with Gasteiger partial charge >= 0.3 is 5.97 Å². The summed E-state index contributed by atoms with van der Waals surface area (Å²) in [7, 11) is 1.78. The number of hydrogen-bond donors (Lipinski definition) is 2. The molecule has 0 aliphatic rings. The van der Waals surface area contributed by atoms with Crippen molar-refractivity contribution in [3.05, 3.63) is 0 Å². The summed E-state index contributed by atoms with van der Waals surface area (Å²) in [6.45, 7) is 3.20. The Morgan fingerprint density at radius 3 is 2.69 bits per heavy atom. The van der Waals surface area contributed by atoms with Crippen molar-refractivity contribution in [2.45, 2.75) is 32.2 Å². The maximum absolute atomic E-state index is 11.3. The second kappa shape index (κ2) is 8.01. The van der Waals surface area contributed by atoms with Crippen LogP contribution in [0, 0.1) is 0 Å². The fraction of sp³-hybridized carbons (Fsp3) is 0.889. The van der Waals surface area contributed by atoms with E-state index in [1.165, 1.54) is 0 Å². The molecule has 4 heteroatoms. The van der Waals surface area contributed by atoms with E-state index in [2.05, 4.69) is 11.1 Å². The van der Waals surface area contributed by atoms with Crippen LogP contribution in [0.1, 0.15) is 26.2 Å². The summed E-state index contributed by atoms with van der Waals surface area (Å²) in [4.78, 5) is 11.3. The van der Waals surface area contributed by atoms with E-state index in [-0.39, 0.29) is 12.0 Å². The molecular formula is C9H21N2O2+. The van der Waals surface area contributed by atoms with Gasteiger partial charge in [-0.2, -0.15) is 0 Å². The number of esters is 1. The number of hydrogen-bond acceptors (Lipinski definition) is 3. The SMILES string of the molecule is CCOC(=O)C(CCCC[NH3+])NC. The smallest absolute Gasteiger partial charge is 0.323 e. The molecule has 0 rings (SSSR count). The highest BCUT2D eigenvalue weighted by Gasteiger charge is 2.16. The standard InChI is InChI=1S/C9H20N2O2/c1-3-13-9(12)8(11-2)6-4-5-7-10/h8,11H,3-7,10H2,1-2H3/p+1. The normalized spacial score (nSPS) is 12.5. The van der Waals surface area contributed by atoms with Gasteiger partial charge in [0.1, 0.15) is 6.04 Å². The third-order valence-electron chi connectivity index (χ3n) is 1.91. The first-order valence-corrected chi connectivity index (χ1v) is 4.89. The summed E-state index contributed by atoms with van der Waals surface area (Å²) >= 11 is 0. The Morgan fingerprint density at radius 2 is 2.23 bits per heavy atom. The van der Waals surface area contributed by atoms with Crippen molar-refractivity contribution < 1.29 is 15.3 Å². The number of quaternary nitrogens is 1. The highest BCUT2D eigenvalue weighted by Crippen LogP contribution is 2.01. The van der Waals surface area contributed by atoms with E-state index in [9.17, 15) is 4.79 Å². The zero-order chi connectivity index (χ0) is 10.1. The Kier molecular flexibility index (Phi) is 7.63. The summed E-state index contributed by atoms with van der Waals surface area (Å²) < 4.78 is 4.91. The first-order chi connectivity index (χ1) is 6.26. The van der Waals surface area contributed by atoms with Crippen LogP contribution >= 0.6 is 0 Å². The van der Waals surface area contributed by atoms with Crippen LogP contribution in [-0.4, -0.2) is 32.2 Å². The molecule has 0 aromatic carbocycles. The molecule has 13 heavy (non-hydrogen) atoms. The van der Waals surface area contributed by atoms with E-state index in [1.807, 2.05) is 6.92 Å². The molecule has 78 valence electrons. The maximum atomic E-state index is 11.3. The zero-order valence-electron chi connectivity index (χ0n) is 8.64. The second-order valence-corrected chi connectivity index (χ2v) is 2.94. The molecule has 0 amide bonds. The first-order valence-electron chi connectivity index (χ1n) is 4.89. The van der Waals surface area contributed by atoms with Crippen LogP contribution < -0.4 is 11.1 Å². The Bertz CT molecular complexity index is 140. The summed E-state index contributed by atoms with van der Waals surface area (Å²) in [5, 5.41) is 2.95. The van der Waals surface area contributed by atoms with E-state index < -0.39 is 0 Å². The Labute approximate surface area is 79.8 Å². The lowest BCUT2D eigenvalue weighted by molar-refractivity contribution is -0.368. The van der Waals surface area contributed by atoms with E-state index in [0.717, 1.165) is 25.8 Å². The third-order valence-corrected chi connectivity index (χ3v) is 1.91. The number of nitrogens with one attached hydrogen (secondary N) is 1. The van der Waals surface area contributed by atoms with Gasteiger partial charge < -0.3 is 15.8 Å². The number of likely N-dealkylation sites (N-methyl/N-ethyl adjacent to an activating group) is 1. The topological polar surface area (TPSA) is 66.0 Å². The number of unbranched alkanes of at least 4 members (excludes halogenated alkanes) is 1. The van der Waals surface area contributed by atoms with Crippen LogP contribution in [0.25, 0.3) is 0 Å². The Morgan fingerprint density at radius 1 is 1.54 bits per heavy atom. The van der Waals surface area contributed by atoms with E-state index in [1.54, 1.807) is 7.05 Å². The molecule has 0 aromatic heterocycles. The van der Waals surface area contributed by atoms with Crippen LogP contribution in [0.2, 0.25) is 0 Å². The molecule has 0 aliphatic heterocycles. The lowest BCUT2D eigenvalue weighted by atomic mass is 10.1. The fourth-order valence-corrected chi connectivity index (χ4v) is 1.15. The molecule has 0 aliphatic carbocycles. The van der Waals surface area contributed by atoms with Gasteiger partial charge in [0.25, 0.3) is 0 Å². The number of ether oxygens (including phenoxy) is 1. The predicted molar refractivity (Wildman–Crippen MR) is 51.1 cm³/mol. The van der Waals surface area contributed by atoms with Crippen LogP contribution in [0.3, 0.4) is 0 Å². The maximum Gasteiger partial charge on any atom is 0.323 e. The number of carbonyl (C=O) groups is 1. The quantitative estimate of drug-likeness (QED) is 0.421. The molecule has 4 nitrogen and oxygen atoms in total. The van der Waals surface area contributed by atoms with E-state index >= 15 is 0 Å². The molecule has 0 aromatic rings. The minimum absolute atomic E-state index is 0.144.